The third-order valence-electron chi connectivity index (χ3n) is 5.26. The van der Waals surface area contributed by atoms with Crippen LogP contribution in [0.4, 0.5) is 0 Å². The number of thiazole rings is 1. The molecule has 0 N–H and O–H groups in total. The summed E-state index contributed by atoms with van der Waals surface area (Å²) in [4.78, 5) is 7.14. The number of rotatable bonds is 6. The van der Waals surface area contributed by atoms with Crippen LogP contribution in [0.2, 0.25) is 19.6 Å². The molecule has 0 aliphatic heterocycles. The first-order valence-corrected chi connectivity index (χ1v) is 13.9. The summed E-state index contributed by atoms with van der Waals surface area (Å²) in [5.41, 5.74) is 7.47. The van der Waals surface area contributed by atoms with E-state index in [1.807, 2.05) is 11.3 Å². The first kappa shape index (κ1) is 19.5. The largest absolute Gasteiger partial charge is 0.309 e. The third kappa shape index (κ3) is 4.03. The van der Waals surface area contributed by atoms with Crippen LogP contribution >= 0.6 is 11.3 Å². The van der Waals surface area contributed by atoms with Crippen molar-refractivity contribution in [3.05, 3.63) is 51.7 Å². The van der Waals surface area contributed by atoms with E-state index in [4.69, 9.17) is 4.98 Å². The van der Waals surface area contributed by atoms with E-state index in [1.54, 1.807) is 11.1 Å². The third-order valence-corrected chi connectivity index (χ3v) is 10.0. The molecule has 26 heavy (non-hydrogen) atoms. The van der Waals surface area contributed by atoms with Gasteiger partial charge in [0.15, 0.2) is 0 Å². The van der Waals surface area contributed by atoms with Gasteiger partial charge >= 0.3 is 0 Å². The molecule has 0 radical (unpaired) electrons. The molecular weight excluding hydrogens is 352 g/mol. The Hall–Kier alpha value is -1.23. The molecule has 1 atom stereocenters. The number of allylic oxidation sites excluding steroid dienone is 1. The number of aryl methyl sites for hydroxylation is 1. The van der Waals surface area contributed by atoms with Crippen LogP contribution in [-0.4, -0.2) is 38.6 Å². The molecule has 3 rings (SSSR count). The lowest BCUT2D eigenvalue weighted by Crippen LogP contribution is -2.34. The Morgan fingerprint density at radius 3 is 2.58 bits per heavy atom. The number of aromatic nitrogens is 1. The maximum absolute atomic E-state index is 4.86. The van der Waals surface area contributed by atoms with Gasteiger partial charge in [-0.2, -0.15) is 0 Å². The summed E-state index contributed by atoms with van der Waals surface area (Å²) in [6.07, 6.45) is 4.40. The Bertz CT molecular complexity index is 827. The maximum Gasteiger partial charge on any atom is 0.0996 e. The lowest BCUT2D eigenvalue weighted by molar-refractivity contribution is 0.412. The molecule has 0 spiro atoms. The van der Waals surface area contributed by atoms with Gasteiger partial charge < -0.3 is 4.90 Å². The quantitative estimate of drug-likeness (QED) is 0.647. The molecule has 0 saturated heterocycles. The number of nitrogens with zero attached hydrogens (tertiary/aromatic N) is 2. The summed E-state index contributed by atoms with van der Waals surface area (Å²) >= 11 is 1.95. The van der Waals surface area contributed by atoms with E-state index in [0.29, 0.717) is 5.92 Å². The number of benzene rings is 1. The topological polar surface area (TPSA) is 16.1 Å². The summed E-state index contributed by atoms with van der Waals surface area (Å²) < 4.78 is 1.51. The fourth-order valence-electron chi connectivity index (χ4n) is 3.73. The van der Waals surface area contributed by atoms with Gasteiger partial charge in [0.2, 0.25) is 0 Å². The monoisotopic (exact) mass is 384 g/mol. The predicted molar refractivity (Wildman–Crippen MR) is 118 cm³/mol. The smallest absolute Gasteiger partial charge is 0.0996 e. The lowest BCUT2D eigenvalue weighted by atomic mass is 9.92. The van der Waals surface area contributed by atoms with Gasteiger partial charge in [0.25, 0.3) is 0 Å². The van der Waals surface area contributed by atoms with Gasteiger partial charge in [0.1, 0.15) is 0 Å². The van der Waals surface area contributed by atoms with Gasteiger partial charge in [0, 0.05) is 23.2 Å². The molecule has 4 heteroatoms. The molecule has 1 heterocycles. The maximum atomic E-state index is 4.86. The van der Waals surface area contributed by atoms with Crippen molar-refractivity contribution in [1.29, 1.82) is 0 Å². The van der Waals surface area contributed by atoms with E-state index < -0.39 is 8.07 Å². The average Bonchev–Trinajstić information content (AvgIpc) is 3.16. The minimum atomic E-state index is -1.29. The molecule has 2 nitrogen and oxygen atoms in total. The zero-order chi connectivity index (χ0) is 19.1. The second-order valence-electron chi connectivity index (χ2n) is 8.94. The molecular formula is C22H32N2SSi. The first-order valence-electron chi connectivity index (χ1n) is 9.59. The molecule has 1 aromatic heterocycles. The highest BCUT2D eigenvalue weighted by Gasteiger charge is 2.29. The van der Waals surface area contributed by atoms with E-state index in [-0.39, 0.29) is 0 Å². The van der Waals surface area contributed by atoms with E-state index >= 15 is 0 Å². The van der Waals surface area contributed by atoms with Crippen LogP contribution in [0, 0.1) is 6.92 Å². The molecule has 0 fully saturated rings. The minimum absolute atomic E-state index is 0.381. The number of fused-ring (bicyclic) bond motifs is 1. The highest BCUT2D eigenvalue weighted by molar-refractivity contribution is 7.26. The van der Waals surface area contributed by atoms with Crippen LogP contribution in [-0.2, 0) is 6.42 Å². The van der Waals surface area contributed by atoms with Crippen molar-refractivity contribution in [1.82, 2.24) is 9.88 Å². The molecule has 2 aromatic rings. The summed E-state index contributed by atoms with van der Waals surface area (Å²) in [5.74, 6) is 0.381. The molecule has 1 aliphatic carbocycles. The van der Waals surface area contributed by atoms with Gasteiger partial charge in [-0.25, -0.2) is 4.98 Å². The standard InChI is InChI=1S/C22H32N2SSi/c1-15-8-9-19-18(12-15)13-17(10-11-24(3)4)21(19)16(2)22-23-14-20(25-22)26(5,6)7/h8-9,12,14,16H,10-11,13H2,1-7H3. The summed E-state index contributed by atoms with van der Waals surface area (Å²) in [5, 5.41) is 1.29. The van der Waals surface area contributed by atoms with Crippen molar-refractivity contribution in [2.24, 2.45) is 0 Å². The van der Waals surface area contributed by atoms with Crippen LogP contribution in [0.3, 0.4) is 0 Å². The SMILES string of the molecule is Cc1ccc2c(c1)CC(CCN(C)C)=C2C(C)c1ncc([Si](C)(C)C)s1. The van der Waals surface area contributed by atoms with Gasteiger partial charge in [-0.15, -0.1) is 11.3 Å². The molecule has 1 unspecified atom stereocenters. The van der Waals surface area contributed by atoms with Crippen LogP contribution in [0.15, 0.2) is 30.0 Å². The Morgan fingerprint density at radius 2 is 1.96 bits per heavy atom. The van der Waals surface area contributed by atoms with Gasteiger partial charge in [0.05, 0.1) is 13.1 Å². The molecule has 0 amide bonds. The van der Waals surface area contributed by atoms with E-state index in [0.717, 1.165) is 19.4 Å². The molecule has 1 aromatic carbocycles. The molecule has 1 aliphatic rings. The van der Waals surface area contributed by atoms with Crippen LogP contribution in [0.5, 0.6) is 0 Å². The lowest BCUT2D eigenvalue weighted by Gasteiger charge is -2.17. The zero-order valence-electron chi connectivity index (χ0n) is 17.3. The molecule has 0 saturated carbocycles. The van der Waals surface area contributed by atoms with Crippen LogP contribution < -0.4 is 4.50 Å². The summed E-state index contributed by atoms with van der Waals surface area (Å²) in [6.45, 7) is 12.9. The normalized spacial score (nSPS) is 15.7. The Kier molecular flexibility index (Phi) is 5.57. The average molecular weight is 385 g/mol. The second kappa shape index (κ2) is 7.41. The summed E-state index contributed by atoms with van der Waals surface area (Å²) in [6, 6.07) is 6.97. The highest BCUT2D eigenvalue weighted by atomic mass is 32.1. The molecule has 140 valence electrons. The van der Waals surface area contributed by atoms with Crippen molar-refractivity contribution < 1.29 is 0 Å². The Labute approximate surface area is 164 Å². The fraction of sp³-hybridized carbons (Fsp3) is 0.500. The Morgan fingerprint density at radius 1 is 1.23 bits per heavy atom. The van der Waals surface area contributed by atoms with E-state index in [9.17, 15) is 0 Å². The van der Waals surface area contributed by atoms with Crippen LogP contribution in [0.1, 0.15) is 41.0 Å². The van der Waals surface area contributed by atoms with Crippen molar-refractivity contribution in [2.75, 3.05) is 20.6 Å². The Balaban J connectivity index is 1.99. The summed E-state index contributed by atoms with van der Waals surface area (Å²) in [7, 11) is 3.04. The van der Waals surface area contributed by atoms with Gasteiger partial charge in [-0.1, -0.05) is 55.9 Å². The second-order valence-corrected chi connectivity index (χ2v) is 15.4. The van der Waals surface area contributed by atoms with E-state index in [1.165, 1.54) is 26.2 Å². The van der Waals surface area contributed by atoms with Gasteiger partial charge in [-0.05, 0) is 50.6 Å². The first-order chi connectivity index (χ1) is 12.2. The number of hydrogen-bond donors (Lipinski definition) is 0. The van der Waals surface area contributed by atoms with Gasteiger partial charge in [-0.3, -0.25) is 0 Å². The van der Waals surface area contributed by atoms with Crippen molar-refractivity contribution >= 4 is 29.5 Å². The fourth-order valence-corrected chi connectivity index (χ4v) is 6.45. The number of hydrogen-bond acceptors (Lipinski definition) is 3. The van der Waals surface area contributed by atoms with Crippen LogP contribution in [0.25, 0.3) is 5.57 Å². The zero-order valence-corrected chi connectivity index (χ0v) is 19.1. The highest BCUT2D eigenvalue weighted by Crippen LogP contribution is 2.43. The molecule has 0 bridgehead atoms. The van der Waals surface area contributed by atoms with E-state index in [2.05, 4.69) is 76.9 Å². The van der Waals surface area contributed by atoms with Crippen molar-refractivity contribution in [3.8, 4) is 0 Å². The predicted octanol–water partition coefficient (Wildman–Crippen LogP) is 5.06. The minimum Gasteiger partial charge on any atom is -0.309 e. The van der Waals surface area contributed by atoms with Crippen molar-refractivity contribution in [3.63, 3.8) is 0 Å². The van der Waals surface area contributed by atoms with Crippen molar-refractivity contribution in [2.45, 2.75) is 52.2 Å².